The van der Waals surface area contributed by atoms with E-state index in [1.807, 2.05) is 10.7 Å². The summed E-state index contributed by atoms with van der Waals surface area (Å²) in [6, 6.07) is 10.5. The number of fused-ring (bicyclic) bond motifs is 1. The molecule has 3 aliphatic rings. The van der Waals surface area contributed by atoms with Gasteiger partial charge in [0.25, 0.3) is 0 Å². The van der Waals surface area contributed by atoms with E-state index >= 15 is 0 Å². The van der Waals surface area contributed by atoms with Crippen LogP contribution in [0.4, 0.5) is 8.78 Å². The minimum Gasteiger partial charge on any atom is -0.298 e. The third-order valence-corrected chi connectivity index (χ3v) is 6.94. The Balaban J connectivity index is 1.32. The molecule has 164 valence electrons. The number of aromatic nitrogens is 2. The second-order valence-electron chi connectivity index (χ2n) is 9.29. The molecule has 0 radical (unpaired) electrons. The summed E-state index contributed by atoms with van der Waals surface area (Å²) < 4.78 is 29.2. The zero-order chi connectivity index (χ0) is 21.6. The Morgan fingerprint density at radius 2 is 1.90 bits per heavy atom. The Morgan fingerprint density at radius 1 is 1.16 bits per heavy atom. The third kappa shape index (κ3) is 4.03. The number of nitrogens with one attached hydrogen (secondary N) is 1. The van der Waals surface area contributed by atoms with Crippen LogP contribution in [0.5, 0.6) is 0 Å². The summed E-state index contributed by atoms with van der Waals surface area (Å²) in [4.78, 5) is 11.8. The molecule has 2 aromatic rings. The van der Waals surface area contributed by atoms with Gasteiger partial charge in [0.1, 0.15) is 17.4 Å². The summed E-state index contributed by atoms with van der Waals surface area (Å²) in [6.07, 6.45) is 2.52. The lowest BCUT2D eigenvalue weighted by atomic mass is 9.86. The first-order valence-electron chi connectivity index (χ1n) is 11.2. The Bertz CT molecular complexity index is 987. The van der Waals surface area contributed by atoms with Gasteiger partial charge in [-0.1, -0.05) is 43.8 Å². The minimum absolute atomic E-state index is 0.0311. The van der Waals surface area contributed by atoms with E-state index in [4.69, 9.17) is 4.99 Å². The fourth-order valence-electron chi connectivity index (χ4n) is 5.18. The lowest BCUT2D eigenvalue weighted by Gasteiger charge is -2.30. The van der Waals surface area contributed by atoms with E-state index in [-0.39, 0.29) is 24.7 Å². The number of likely N-dealkylation sites (tertiary alicyclic amines) is 1. The molecule has 1 aliphatic carbocycles. The van der Waals surface area contributed by atoms with Gasteiger partial charge in [-0.3, -0.25) is 10.3 Å². The molecule has 5 rings (SSSR count). The fraction of sp³-hybridized carbons (Fsp3) is 0.500. The Labute approximate surface area is 181 Å². The van der Waals surface area contributed by atoms with Crippen LogP contribution in [0, 0.1) is 11.8 Å². The van der Waals surface area contributed by atoms with E-state index in [9.17, 15) is 8.78 Å². The van der Waals surface area contributed by atoms with Gasteiger partial charge in [0.15, 0.2) is 0 Å². The molecule has 2 aliphatic heterocycles. The Kier molecular flexibility index (Phi) is 5.16. The van der Waals surface area contributed by atoms with Crippen LogP contribution in [0.15, 0.2) is 48.1 Å². The standard InChI is InChI=1S/C24H29F2N5/c1-16-13-30(14-18-6-4-3-5-7-18)15-20(16)22-28-17(2)21-12-27-23(31(21)29-22)19-8-10-24(25,26)11-9-19/h3-7,12,16,19-20H,2,8-11,13-15H2,1H3,(H,28,29). The highest BCUT2D eigenvalue weighted by Crippen LogP contribution is 2.41. The number of nitrogens with zero attached hydrogens (tertiary/aromatic N) is 4. The predicted octanol–water partition coefficient (Wildman–Crippen LogP) is 4.87. The van der Waals surface area contributed by atoms with Gasteiger partial charge in [0, 0.05) is 44.3 Å². The zero-order valence-electron chi connectivity index (χ0n) is 17.9. The molecule has 5 nitrogen and oxygen atoms in total. The molecule has 2 fully saturated rings. The maximum Gasteiger partial charge on any atom is 0.248 e. The van der Waals surface area contributed by atoms with Crippen molar-refractivity contribution in [1.82, 2.24) is 14.6 Å². The zero-order valence-corrected chi connectivity index (χ0v) is 17.9. The predicted molar refractivity (Wildman–Crippen MR) is 119 cm³/mol. The van der Waals surface area contributed by atoms with Crippen molar-refractivity contribution in [3.05, 3.63) is 60.2 Å². The van der Waals surface area contributed by atoms with Crippen molar-refractivity contribution in [3.8, 4) is 0 Å². The fourth-order valence-corrected chi connectivity index (χ4v) is 5.18. The molecule has 2 atom stereocenters. The molecular formula is C24H29F2N5. The highest BCUT2D eigenvalue weighted by atomic mass is 19.3. The van der Waals surface area contributed by atoms with Gasteiger partial charge in [-0.2, -0.15) is 0 Å². The number of alkyl halides is 2. The SMILES string of the molecule is C=C1N=C(C2CN(Cc3ccccc3)CC2C)Nn2c1cnc2C1CCC(F)(F)CC1. The number of halogens is 2. The van der Waals surface area contributed by atoms with Crippen LogP contribution in [-0.2, 0) is 6.54 Å². The van der Waals surface area contributed by atoms with E-state index in [1.54, 1.807) is 6.20 Å². The van der Waals surface area contributed by atoms with E-state index in [2.05, 4.69) is 53.1 Å². The maximum atomic E-state index is 13.6. The van der Waals surface area contributed by atoms with E-state index in [0.29, 0.717) is 24.5 Å². The Hall–Kier alpha value is -2.54. The molecular weight excluding hydrogens is 396 g/mol. The quantitative estimate of drug-likeness (QED) is 0.760. The summed E-state index contributed by atoms with van der Waals surface area (Å²) in [7, 11) is 0. The molecule has 1 aromatic heterocycles. The summed E-state index contributed by atoms with van der Waals surface area (Å²) in [5, 5.41) is 0. The lowest BCUT2D eigenvalue weighted by Crippen LogP contribution is -2.38. The number of aliphatic imine (C=N–C) groups is 1. The molecule has 0 bridgehead atoms. The van der Waals surface area contributed by atoms with Crippen LogP contribution in [0.3, 0.4) is 0 Å². The second kappa shape index (κ2) is 7.86. The average molecular weight is 426 g/mol. The van der Waals surface area contributed by atoms with E-state index in [1.165, 1.54) is 5.56 Å². The van der Waals surface area contributed by atoms with Crippen LogP contribution in [0.1, 0.15) is 55.6 Å². The number of rotatable bonds is 4. The normalized spacial score (nSPS) is 26.4. The molecule has 0 amide bonds. The maximum absolute atomic E-state index is 13.6. The molecule has 2 unspecified atom stereocenters. The largest absolute Gasteiger partial charge is 0.298 e. The van der Waals surface area contributed by atoms with Gasteiger partial charge in [0.05, 0.1) is 11.9 Å². The van der Waals surface area contributed by atoms with Gasteiger partial charge >= 0.3 is 0 Å². The van der Waals surface area contributed by atoms with Crippen molar-refractivity contribution < 1.29 is 8.78 Å². The third-order valence-electron chi connectivity index (χ3n) is 6.94. The van der Waals surface area contributed by atoms with Gasteiger partial charge in [-0.25, -0.2) is 23.4 Å². The van der Waals surface area contributed by atoms with Crippen LogP contribution >= 0.6 is 0 Å². The number of hydrogen-bond donors (Lipinski definition) is 1. The van der Waals surface area contributed by atoms with E-state index in [0.717, 1.165) is 37.0 Å². The average Bonchev–Trinajstić information content (AvgIpc) is 3.32. The number of imidazole rings is 1. The van der Waals surface area contributed by atoms with Gasteiger partial charge in [0.2, 0.25) is 5.92 Å². The van der Waals surface area contributed by atoms with Crippen molar-refractivity contribution in [1.29, 1.82) is 0 Å². The molecule has 1 saturated heterocycles. The second-order valence-corrected chi connectivity index (χ2v) is 9.29. The highest BCUT2D eigenvalue weighted by molar-refractivity contribution is 5.98. The summed E-state index contributed by atoms with van der Waals surface area (Å²) in [5.74, 6) is -0.0708. The van der Waals surface area contributed by atoms with E-state index < -0.39 is 5.92 Å². The summed E-state index contributed by atoms with van der Waals surface area (Å²) in [6.45, 7) is 9.26. The molecule has 7 heteroatoms. The van der Waals surface area contributed by atoms with Gasteiger partial charge in [-0.05, 0) is 24.3 Å². The first kappa shape index (κ1) is 20.4. The topological polar surface area (TPSA) is 45.5 Å². The first-order valence-corrected chi connectivity index (χ1v) is 11.2. The van der Waals surface area contributed by atoms with Gasteiger partial charge < -0.3 is 0 Å². The van der Waals surface area contributed by atoms with Crippen LogP contribution in [0.2, 0.25) is 0 Å². The monoisotopic (exact) mass is 425 g/mol. The smallest absolute Gasteiger partial charge is 0.248 e. The first-order chi connectivity index (χ1) is 14.9. The highest BCUT2D eigenvalue weighted by Gasteiger charge is 2.39. The van der Waals surface area contributed by atoms with Crippen molar-refractivity contribution in [2.75, 3.05) is 18.5 Å². The lowest BCUT2D eigenvalue weighted by molar-refractivity contribution is -0.0389. The number of hydrogen-bond acceptors (Lipinski definition) is 4. The molecule has 0 spiro atoms. The number of amidine groups is 1. The van der Waals surface area contributed by atoms with Crippen LogP contribution < -0.4 is 5.43 Å². The van der Waals surface area contributed by atoms with Crippen molar-refractivity contribution in [2.45, 2.75) is 51.0 Å². The molecule has 1 N–H and O–H groups in total. The summed E-state index contributed by atoms with van der Waals surface area (Å²) >= 11 is 0. The van der Waals surface area contributed by atoms with Crippen LogP contribution in [-0.4, -0.2) is 39.4 Å². The van der Waals surface area contributed by atoms with Crippen molar-refractivity contribution >= 4 is 11.5 Å². The van der Waals surface area contributed by atoms with Gasteiger partial charge in [-0.15, -0.1) is 0 Å². The van der Waals surface area contributed by atoms with Crippen molar-refractivity contribution in [3.63, 3.8) is 0 Å². The molecule has 1 saturated carbocycles. The number of benzene rings is 1. The molecule has 31 heavy (non-hydrogen) atoms. The Morgan fingerprint density at radius 3 is 2.65 bits per heavy atom. The van der Waals surface area contributed by atoms with Crippen LogP contribution in [0.25, 0.3) is 5.70 Å². The molecule has 1 aromatic carbocycles. The molecule has 3 heterocycles. The summed E-state index contributed by atoms with van der Waals surface area (Å²) in [5.41, 5.74) is 6.30. The minimum atomic E-state index is -2.54. The van der Waals surface area contributed by atoms with Crippen molar-refractivity contribution in [2.24, 2.45) is 16.8 Å².